The number of carbonyl (C=O) groups is 1. The normalized spacial score (nSPS) is 11.0. The number of nitrogens with one attached hydrogen (secondary N) is 1. The summed E-state index contributed by atoms with van der Waals surface area (Å²) >= 11 is 1.38. The molecule has 9 heteroatoms. The van der Waals surface area contributed by atoms with Gasteiger partial charge in [-0.2, -0.15) is 9.50 Å². The first-order valence-corrected chi connectivity index (χ1v) is 10.2. The molecule has 3 aromatic heterocycles. The monoisotopic (exact) mass is 420 g/mol. The fourth-order valence-electron chi connectivity index (χ4n) is 3.21. The van der Waals surface area contributed by atoms with E-state index in [1.54, 1.807) is 19.2 Å². The second kappa shape index (κ2) is 8.03. The molecule has 0 spiro atoms. The van der Waals surface area contributed by atoms with E-state index in [9.17, 15) is 9.59 Å². The molecular weight excluding hydrogens is 400 g/mol. The van der Waals surface area contributed by atoms with Crippen molar-refractivity contribution in [1.29, 1.82) is 0 Å². The second-order valence-electron chi connectivity index (χ2n) is 6.78. The lowest BCUT2D eigenvalue weighted by Gasteiger charge is -2.13. The zero-order valence-electron chi connectivity index (χ0n) is 16.6. The second-order valence-corrected chi connectivity index (χ2v) is 8.02. The van der Waals surface area contributed by atoms with Gasteiger partial charge in [0.15, 0.2) is 11.0 Å². The maximum Gasteiger partial charge on any atom is 0.279 e. The SMILES string of the molecule is C=CCn1c(C)c(CC(=O)Nc2ncc(C)s2)c(=O)n2nc(-c3ccccc3)nc12. The number of amides is 1. The molecule has 0 aliphatic carbocycles. The molecule has 0 atom stereocenters. The zero-order chi connectivity index (χ0) is 21.3. The van der Waals surface area contributed by atoms with E-state index in [0.717, 1.165) is 10.4 Å². The van der Waals surface area contributed by atoms with Crippen LogP contribution in [0.15, 0.2) is 54.0 Å². The van der Waals surface area contributed by atoms with Gasteiger partial charge in [0, 0.05) is 34.4 Å². The summed E-state index contributed by atoms with van der Waals surface area (Å²) in [6.07, 6.45) is 3.32. The van der Waals surface area contributed by atoms with Crippen molar-refractivity contribution in [1.82, 2.24) is 24.1 Å². The van der Waals surface area contributed by atoms with Gasteiger partial charge >= 0.3 is 0 Å². The van der Waals surface area contributed by atoms with E-state index in [1.807, 2.05) is 41.8 Å². The summed E-state index contributed by atoms with van der Waals surface area (Å²) in [4.78, 5) is 35.4. The first-order chi connectivity index (χ1) is 14.5. The molecule has 3 heterocycles. The molecule has 1 aromatic carbocycles. The van der Waals surface area contributed by atoms with E-state index in [1.165, 1.54) is 15.9 Å². The van der Waals surface area contributed by atoms with Gasteiger partial charge < -0.3 is 9.88 Å². The van der Waals surface area contributed by atoms with Gasteiger partial charge in [-0.3, -0.25) is 9.59 Å². The molecule has 1 N–H and O–H groups in total. The van der Waals surface area contributed by atoms with Crippen LogP contribution < -0.4 is 10.9 Å². The quantitative estimate of drug-likeness (QED) is 0.484. The third-order valence-electron chi connectivity index (χ3n) is 4.67. The Morgan fingerprint density at radius 3 is 2.70 bits per heavy atom. The summed E-state index contributed by atoms with van der Waals surface area (Å²) < 4.78 is 3.10. The lowest BCUT2D eigenvalue weighted by molar-refractivity contribution is -0.115. The Balaban J connectivity index is 1.78. The first kappa shape index (κ1) is 19.7. The fraction of sp³-hybridized carbons (Fsp3) is 0.190. The Labute approximate surface area is 176 Å². The molecule has 8 nitrogen and oxygen atoms in total. The van der Waals surface area contributed by atoms with Crippen molar-refractivity contribution in [2.24, 2.45) is 0 Å². The molecule has 0 saturated heterocycles. The number of hydrogen-bond acceptors (Lipinski definition) is 6. The molecule has 152 valence electrons. The van der Waals surface area contributed by atoms with Crippen LogP contribution in [0.3, 0.4) is 0 Å². The smallest absolute Gasteiger partial charge is 0.279 e. The number of thiazole rings is 1. The molecule has 0 aliphatic heterocycles. The van der Waals surface area contributed by atoms with E-state index in [4.69, 9.17) is 0 Å². The summed E-state index contributed by atoms with van der Waals surface area (Å²) in [6.45, 7) is 7.95. The molecule has 4 rings (SSSR count). The van der Waals surface area contributed by atoms with Crippen molar-refractivity contribution >= 4 is 28.2 Å². The van der Waals surface area contributed by atoms with Crippen molar-refractivity contribution < 1.29 is 4.79 Å². The Morgan fingerprint density at radius 2 is 2.03 bits per heavy atom. The average molecular weight is 420 g/mol. The Hall–Kier alpha value is -3.59. The summed E-state index contributed by atoms with van der Waals surface area (Å²) in [5.74, 6) is 0.554. The molecular formula is C21H20N6O2S. The Kier molecular flexibility index (Phi) is 5.28. The first-order valence-electron chi connectivity index (χ1n) is 9.35. The summed E-state index contributed by atoms with van der Waals surface area (Å²) in [6, 6.07) is 9.44. The maximum absolute atomic E-state index is 13.2. The molecule has 0 bridgehead atoms. The van der Waals surface area contributed by atoms with Gasteiger partial charge in [0.1, 0.15) is 0 Å². The van der Waals surface area contributed by atoms with Crippen molar-refractivity contribution in [3.8, 4) is 11.4 Å². The molecule has 0 unspecified atom stereocenters. The fourth-order valence-corrected chi connectivity index (χ4v) is 3.89. The zero-order valence-corrected chi connectivity index (χ0v) is 17.4. The van der Waals surface area contributed by atoms with Crippen LogP contribution in [0.4, 0.5) is 5.13 Å². The van der Waals surface area contributed by atoms with Gasteiger partial charge in [0.2, 0.25) is 11.7 Å². The number of allylic oxidation sites excluding steroid dienone is 1. The van der Waals surface area contributed by atoms with E-state index in [2.05, 4.69) is 27.0 Å². The standard InChI is InChI=1S/C21H20N6O2S/c1-4-10-26-14(3)16(11-17(28)23-20-22-12-13(2)30-20)19(29)27-21(26)24-18(25-27)15-8-6-5-7-9-15/h4-9,12H,1,10-11H2,2-3H3,(H,22,23,28). The third-order valence-corrected chi connectivity index (χ3v) is 5.50. The molecule has 0 aliphatic rings. The largest absolute Gasteiger partial charge is 0.310 e. The number of aromatic nitrogens is 5. The number of aryl methyl sites for hydroxylation is 1. The van der Waals surface area contributed by atoms with Gasteiger partial charge in [-0.1, -0.05) is 36.4 Å². The highest BCUT2D eigenvalue weighted by Gasteiger charge is 2.20. The lowest BCUT2D eigenvalue weighted by atomic mass is 10.1. The van der Waals surface area contributed by atoms with E-state index in [-0.39, 0.29) is 17.9 Å². The van der Waals surface area contributed by atoms with Crippen LogP contribution in [-0.2, 0) is 17.8 Å². The predicted octanol–water partition coefficient (Wildman–Crippen LogP) is 3.00. The van der Waals surface area contributed by atoms with Gasteiger partial charge in [-0.25, -0.2) is 4.98 Å². The van der Waals surface area contributed by atoms with Crippen LogP contribution >= 0.6 is 11.3 Å². The van der Waals surface area contributed by atoms with Gasteiger partial charge in [-0.05, 0) is 13.8 Å². The summed E-state index contributed by atoms with van der Waals surface area (Å²) in [5, 5.41) is 7.68. The number of nitrogens with zero attached hydrogens (tertiary/aromatic N) is 5. The van der Waals surface area contributed by atoms with Crippen LogP contribution in [0.1, 0.15) is 16.1 Å². The Morgan fingerprint density at radius 1 is 1.27 bits per heavy atom. The van der Waals surface area contributed by atoms with Crippen LogP contribution in [-0.4, -0.2) is 30.1 Å². The molecule has 0 radical (unpaired) electrons. The highest BCUT2D eigenvalue weighted by atomic mass is 32.1. The number of benzene rings is 1. The average Bonchev–Trinajstić information content (AvgIpc) is 3.36. The van der Waals surface area contributed by atoms with Gasteiger partial charge in [0.05, 0.1) is 6.42 Å². The lowest BCUT2D eigenvalue weighted by Crippen LogP contribution is -2.29. The highest BCUT2D eigenvalue weighted by molar-refractivity contribution is 7.15. The number of anilines is 1. The molecule has 0 fully saturated rings. The number of fused-ring (bicyclic) bond motifs is 1. The highest BCUT2D eigenvalue weighted by Crippen LogP contribution is 2.19. The molecule has 1 amide bonds. The topological polar surface area (TPSA) is 94.2 Å². The van der Waals surface area contributed by atoms with Crippen LogP contribution in [0, 0.1) is 13.8 Å². The van der Waals surface area contributed by atoms with E-state index in [0.29, 0.717) is 34.5 Å². The van der Waals surface area contributed by atoms with Crippen LogP contribution in [0.5, 0.6) is 0 Å². The minimum Gasteiger partial charge on any atom is -0.310 e. The van der Waals surface area contributed by atoms with Crippen molar-refractivity contribution in [3.63, 3.8) is 0 Å². The van der Waals surface area contributed by atoms with Gasteiger partial charge in [-0.15, -0.1) is 23.0 Å². The third kappa shape index (κ3) is 3.67. The van der Waals surface area contributed by atoms with Crippen LogP contribution in [0.25, 0.3) is 17.2 Å². The minimum absolute atomic E-state index is 0.0864. The number of hydrogen-bond donors (Lipinski definition) is 1. The molecule has 0 saturated carbocycles. The number of rotatable bonds is 6. The van der Waals surface area contributed by atoms with E-state index >= 15 is 0 Å². The van der Waals surface area contributed by atoms with Gasteiger partial charge in [0.25, 0.3) is 5.56 Å². The molecule has 4 aromatic rings. The molecule has 30 heavy (non-hydrogen) atoms. The summed E-state index contributed by atoms with van der Waals surface area (Å²) in [7, 11) is 0. The summed E-state index contributed by atoms with van der Waals surface area (Å²) in [5.41, 5.74) is 1.47. The minimum atomic E-state index is -0.358. The van der Waals surface area contributed by atoms with E-state index < -0.39 is 0 Å². The number of carbonyl (C=O) groups excluding carboxylic acids is 1. The van der Waals surface area contributed by atoms with Crippen molar-refractivity contribution in [3.05, 3.63) is 75.7 Å². The van der Waals surface area contributed by atoms with Crippen LogP contribution in [0.2, 0.25) is 0 Å². The maximum atomic E-state index is 13.2. The Bertz CT molecular complexity index is 1300. The van der Waals surface area contributed by atoms with Crippen molar-refractivity contribution in [2.45, 2.75) is 26.8 Å². The predicted molar refractivity (Wildman–Crippen MR) is 117 cm³/mol. The van der Waals surface area contributed by atoms with Crippen molar-refractivity contribution in [2.75, 3.05) is 5.32 Å².